The molecule has 5 heteroatoms. The summed E-state index contributed by atoms with van der Waals surface area (Å²) >= 11 is 0. The fourth-order valence-electron chi connectivity index (χ4n) is 1.76. The van der Waals surface area contributed by atoms with Crippen LogP contribution in [0.5, 0.6) is 0 Å². The van der Waals surface area contributed by atoms with Crippen LogP contribution in [0.1, 0.15) is 0 Å². The molecule has 1 unspecified atom stereocenters. The number of ether oxygens (including phenoxy) is 2. The van der Waals surface area contributed by atoms with Crippen molar-refractivity contribution in [3.8, 4) is 0 Å². The van der Waals surface area contributed by atoms with E-state index < -0.39 is 6.10 Å². The van der Waals surface area contributed by atoms with Gasteiger partial charge >= 0.3 is 0 Å². The first-order valence-corrected chi connectivity index (χ1v) is 5.51. The molecule has 1 fully saturated rings. The summed E-state index contributed by atoms with van der Waals surface area (Å²) in [5, 5.41) is 0. The molecule has 2 rings (SSSR count). The molecule has 0 spiro atoms. The van der Waals surface area contributed by atoms with Crippen LogP contribution in [0.3, 0.4) is 0 Å². The van der Waals surface area contributed by atoms with Crippen molar-refractivity contribution in [2.75, 3.05) is 37.5 Å². The van der Waals surface area contributed by atoms with E-state index in [0.29, 0.717) is 31.2 Å². The molecule has 0 bridgehead atoms. The summed E-state index contributed by atoms with van der Waals surface area (Å²) in [6, 6.07) is 7.24. The Balaban J connectivity index is 2.11. The van der Waals surface area contributed by atoms with Crippen molar-refractivity contribution in [2.45, 2.75) is 6.10 Å². The van der Waals surface area contributed by atoms with Crippen LogP contribution >= 0.6 is 0 Å². The Labute approximate surface area is 100 Å². The molecule has 2 N–H and O–H groups in total. The van der Waals surface area contributed by atoms with Gasteiger partial charge in [0, 0.05) is 7.05 Å². The summed E-state index contributed by atoms with van der Waals surface area (Å²) < 4.78 is 10.6. The van der Waals surface area contributed by atoms with Gasteiger partial charge in [-0.3, -0.25) is 4.79 Å². The van der Waals surface area contributed by atoms with Gasteiger partial charge in [0.2, 0.25) is 0 Å². The number of hydrogen-bond acceptors (Lipinski definition) is 4. The number of nitrogen functional groups attached to an aromatic ring is 1. The first kappa shape index (κ1) is 11.9. The molecule has 0 aromatic heterocycles. The topological polar surface area (TPSA) is 64.8 Å². The van der Waals surface area contributed by atoms with Crippen LogP contribution < -0.4 is 10.6 Å². The van der Waals surface area contributed by atoms with E-state index >= 15 is 0 Å². The third kappa shape index (κ3) is 2.57. The third-order valence-corrected chi connectivity index (χ3v) is 2.72. The average Bonchev–Trinajstić information content (AvgIpc) is 2.39. The number of para-hydroxylation sites is 2. The number of nitrogens with zero attached hydrogens (tertiary/aromatic N) is 1. The Hall–Kier alpha value is -1.59. The molecule has 1 heterocycles. The zero-order valence-corrected chi connectivity index (χ0v) is 9.76. The fraction of sp³-hybridized carbons (Fsp3) is 0.417. The highest BCUT2D eigenvalue weighted by Gasteiger charge is 2.26. The van der Waals surface area contributed by atoms with Crippen molar-refractivity contribution in [2.24, 2.45) is 0 Å². The highest BCUT2D eigenvalue weighted by molar-refractivity contribution is 5.98. The zero-order chi connectivity index (χ0) is 12.3. The first-order valence-electron chi connectivity index (χ1n) is 5.51. The molecule has 1 saturated heterocycles. The molecule has 1 aromatic rings. The SMILES string of the molecule is CN(C(=O)C1COCCO1)c1ccccc1N. The minimum atomic E-state index is -0.534. The lowest BCUT2D eigenvalue weighted by Crippen LogP contribution is -2.44. The summed E-state index contributed by atoms with van der Waals surface area (Å²) in [7, 11) is 1.69. The monoisotopic (exact) mass is 236 g/mol. The number of benzene rings is 1. The molecular formula is C12H16N2O3. The molecule has 92 valence electrons. The predicted octanol–water partition coefficient (Wildman–Crippen LogP) is 0.647. The van der Waals surface area contributed by atoms with Gasteiger partial charge in [0.05, 0.1) is 31.2 Å². The van der Waals surface area contributed by atoms with Crippen molar-refractivity contribution in [1.29, 1.82) is 0 Å². The van der Waals surface area contributed by atoms with Crippen LogP contribution in [0.2, 0.25) is 0 Å². The fourth-order valence-corrected chi connectivity index (χ4v) is 1.76. The minimum absolute atomic E-state index is 0.136. The van der Waals surface area contributed by atoms with Crippen molar-refractivity contribution in [3.05, 3.63) is 24.3 Å². The van der Waals surface area contributed by atoms with Gasteiger partial charge in [0.15, 0.2) is 6.10 Å². The molecule has 1 amide bonds. The van der Waals surface area contributed by atoms with E-state index in [0.717, 1.165) is 0 Å². The number of hydrogen-bond donors (Lipinski definition) is 1. The Morgan fingerprint density at radius 3 is 2.82 bits per heavy atom. The van der Waals surface area contributed by atoms with Gasteiger partial charge in [-0.25, -0.2) is 0 Å². The minimum Gasteiger partial charge on any atom is -0.397 e. The lowest BCUT2D eigenvalue weighted by atomic mass is 10.2. The Kier molecular flexibility index (Phi) is 3.61. The van der Waals surface area contributed by atoms with E-state index in [1.165, 1.54) is 4.90 Å². The van der Waals surface area contributed by atoms with Gasteiger partial charge in [0.1, 0.15) is 0 Å². The van der Waals surface area contributed by atoms with Gasteiger partial charge in [-0.2, -0.15) is 0 Å². The second kappa shape index (κ2) is 5.16. The van der Waals surface area contributed by atoms with Gasteiger partial charge in [-0.05, 0) is 12.1 Å². The Bertz CT molecular complexity index is 402. The van der Waals surface area contributed by atoms with Gasteiger partial charge in [-0.1, -0.05) is 12.1 Å². The second-order valence-electron chi connectivity index (χ2n) is 3.89. The van der Waals surface area contributed by atoms with E-state index in [1.807, 2.05) is 12.1 Å². The van der Waals surface area contributed by atoms with Crippen LogP contribution in [0.25, 0.3) is 0 Å². The number of carbonyl (C=O) groups excluding carboxylic acids is 1. The molecular weight excluding hydrogens is 220 g/mol. The maximum absolute atomic E-state index is 12.1. The quantitative estimate of drug-likeness (QED) is 0.766. The summed E-state index contributed by atoms with van der Waals surface area (Å²) in [5.74, 6) is -0.136. The van der Waals surface area contributed by atoms with E-state index in [9.17, 15) is 4.79 Å². The molecule has 0 radical (unpaired) electrons. The van der Waals surface area contributed by atoms with E-state index in [2.05, 4.69) is 0 Å². The third-order valence-electron chi connectivity index (χ3n) is 2.72. The van der Waals surface area contributed by atoms with Gasteiger partial charge in [-0.15, -0.1) is 0 Å². The maximum atomic E-state index is 12.1. The summed E-state index contributed by atoms with van der Waals surface area (Å²) in [6.45, 7) is 1.30. The Morgan fingerprint density at radius 1 is 1.41 bits per heavy atom. The lowest BCUT2D eigenvalue weighted by Gasteiger charge is -2.27. The van der Waals surface area contributed by atoms with Crippen molar-refractivity contribution in [1.82, 2.24) is 0 Å². The maximum Gasteiger partial charge on any atom is 0.258 e. The normalized spacial score (nSPS) is 19.9. The summed E-state index contributed by atoms with van der Waals surface area (Å²) in [6.07, 6.45) is -0.534. The number of nitrogens with two attached hydrogens (primary N) is 1. The van der Waals surface area contributed by atoms with Crippen LogP contribution in [0.4, 0.5) is 11.4 Å². The summed E-state index contributed by atoms with van der Waals surface area (Å²) in [5.41, 5.74) is 7.08. The largest absolute Gasteiger partial charge is 0.397 e. The van der Waals surface area contributed by atoms with Gasteiger partial charge in [0.25, 0.3) is 5.91 Å². The average molecular weight is 236 g/mol. The summed E-state index contributed by atoms with van der Waals surface area (Å²) in [4.78, 5) is 13.6. The smallest absolute Gasteiger partial charge is 0.258 e. The predicted molar refractivity (Wildman–Crippen MR) is 64.8 cm³/mol. The Morgan fingerprint density at radius 2 is 2.18 bits per heavy atom. The van der Waals surface area contributed by atoms with Crippen LogP contribution in [-0.4, -0.2) is 38.9 Å². The zero-order valence-electron chi connectivity index (χ0n) is 9.76. The van der Waals surface area contributed by atoms with Crippen molar-refractivity contribution in [3.63, 3.8) is 0 Å². The number of rotatable bonds is 2. The molecule has 1 aromatic carbocycles. The molecule has 1 atom stereocenters. The van der Waals surface area contributed by atoms with Gasteiger partial charge < -0.3 is 20.1 Å². The molecule has 5 nitrogen and oxygen atoms in total. The lowest BCUT2D eigenvalue weighted by molar-refractivity contribution is -0.144. The number of amides is 1. The van der Waals surface area contributed by atoms with E-state index in [-0.39, 0.29) is 5.91 Å². The number of likely N-dealkylation sites (N-methyl/N-ethyl adjacent to an activating group) is 1. The number of anilines is 2. The molecule has 0 aliphatic carbocycles. The van der Waals surface area contributed by atoms with Crippen LogP contribution in [0.15, 0.2) is 24.3 Å². The number of carbonyl (C=O) groups is 1. The first-order chi connectivity index (χ1) is 8.20. The van der Waals surface area contributed by atoms with Crippen molar-refractivity contribution < 1.29 is 14.3 Å². The highest BCUT2D eigenvalue weighted by Crippen LogP contribution is 2.22. The molecule has 1 aliphatic rings. The van der Waals surface area contributed by atoms with Crippen LogP contribution in [-0.2, 0) is 14.3 Å². The van der Waals surface area contributed by atoms with Crippen LogP contribution in [0, 0.1) is 0 Å². The van der Waals surface area contributed by atoms with E-state index in [4.69, 9.17) is 15.2 Å². The standard InChI is InChI=1S/C12H16N2O3/c1-14(10-5-3-2-4-9(10)13)12(15)11-8-16-6-7-17-11/h2-5,11H,6-8,13H2,1H3. The molecule has 17 heavy (non-hydrogen) atoms. The van der Waals surface area contributed by atoms with E-state index in [1.54, 1.807) is 19.2 Å². The molecule has 0 saturated carbocycles. The second-order valence-corrected chi connectivity index (χ2v) is 3.89. The molecule has 1 aliphatic heterocycles. The van der Waals surface area contributed by atoms with Crippen molar-refractivity contribution >= 4 is 17.3 Å². The highest BCUT2D eigenvalue weighted by atomic mass is 16.6.